The normalized spacial score (nSPS) is 28.6. The number of ether oxygens (including phenoxy) is 1. The van der Waals surface area contributed by atoms with Crippen molar-refractivity contribution in [3.05, 3.63) is 35.9 Å². The summed E-state index contributed by atoms with van der Waals surface area (Å²) < 4.78 is 80.4. The van der Waals surface area contributed by atoms with Crippen molar-refractivity contribution >= 4 is 23.5 Å². The van der Waals surface area contributed by atoms with Gasteiger partial charge in [-0.05, 0) is 49.0 Å². The van der Waals surface area contributed by atoms with Crippen LogP contribution in [0.2, 0.25) is 0 Å². The van der Waals surface area contributed by atoms with Gasteiger partial charge in [0, 0.05) is 11.3 Å². The number of fused-ring (bicyclic) bond motifs is 2. The van der Waals surface area contributed by atoms with Gasteiger partial charge in [0.2, 0.25) is 0 Å². The molecule has 0 aromatic heterocycles. The molecule has 3 unspecified atom stereocenters. The molecule has 0 radical (unpaired) electrons. The highest BCUT2D eigenvalue weighted by Crippen LogP contribution is 2.53. The summed E-state index contributed by atoms with van der Waals surface area (Å²) >= 11 is 6.73. The van der Waals surface area contributed by atoms with E-state index >= 15 is 0 Å². The quantitative estimate of drug-likeness (QED) is 0.310. The standard InChI is InChI=1S/C22H24ClF6NO3/c23-20(8-9-33-19(32)22(27,28)29)11-13-6-7-16(15(10-13)12-20)17(14-4-2-1-3-5-14)30-18(31)21(24,25)26/h1-5,13,15-17H,6-12H2,(H,30,31)/t13?,15?,16?,17-,20-/m0/s1. The van der Waals surface area contributed by atoms with Crippen molar-refractivity contribution in [2.45, 2.75) is 61.8 Å². The molecular formula is C22H24ClF6NO3. The van der Waals surface area contributed by atoms with Crippen LogP contribution in [0, 0.1) is 17.8 Å². The zero-order chi connectivity index (χ0) is 24.4. The van der Waals surface area contributed by atoms with Crippen LogP contribution >= 0.6 is 11.6 Å². The molecule has 1 aromatic rings. The molecule has 184 valence electrons. The van der Waals surface area contributed by atoms with Gasteiger partial charge < -0.3 is 10.1 Å². The molecule has 0 heterocycles. The Hall–Kier alpha value is -1.97. The second kappa shape index (κ2) is 9.72. The Morgan fingerprint density at radius 3 is 2.33 bits per heavy atom. The molecule has 0 spiro atoms. The van der Waals surface area contributed by atoms with Crippen LogP contribution in [-0.4, -0.2) is 35.7 Å². The van der Waals surface area contributed by atoms with Crippen LogP contribution in [0.1, 0.15) is 50.1 Å². The molecule has 2 bridgehead atoms. The Bertz CT molecular complexity index is 847. The van der Waals surface area contributed by atoms with Crippen LogP contribution in [0.15, 0.2) is 30.3 Å². The van der Waals surface area contributed by atoms with E-state index in [1.165, 1.54) is 0 Å². The second-order valence-electron chi connectivity index (χ2n) is 8.91. The highest BCUT2D eigenvalue weighted by Gasteiger charge is 2.49. The van der Waals surface area contributed by atoms with E-state index in [2.05, 4.69) is 10.1 Å². The molecule has 1 aromatic carbocycles. The molecule has 1 N–H and O–H groups in total. The van der Waals surface area contributed by atoms with Crippen molar-refractivity contribution in [3.63, 3.8) is 0 Å². The third kappa shape index (κ3) is 6.55. The fourth-order valence-electron chi connectivity index (χ4n) is 5.25. The Kier molecular flexibility index (Phi) is 7.55. The third-order valence-electron chi connectivity index (χ3n) is 6.58. The second-order valence-corrected chi connectivity index (χ2v) is 9.71. The number of nitrogens with one attached hydrogen (secondary N) is 1. The lowest BCUT2D eigenvalue weighted by Gasteiger charge is -2.49. The van der Waals surface area contributed by atoms with Crippen molar-refractivity contribution in [1.29, 1.82) is 0 Å². The average Bonchev–Trinajstić information content (AvgIpc) is 2.71. The zero-order valence-electron chi connectivity index (χ0n) is 17.5. The number of hydrogen-bond donors (Lipinski definition) is 1. The smallest absolute Gasteiger partial charge is 0.459 e. The maximum atomic E-state index is 13.0. The molecule has 2 aliphatic carbocycles. The highest BCUT2D eigenvalue weighted by atomic mass is 35.5. The van der Waals surface area contributed by atoms with Gasteiger partial charge in [0.1, 0.15) is 0 Å². The van der Waals surface area contributed by atoms with Crippen LogP contribution in [0.3, 0.4) is 0 Å². The van der Waals surface area contributed by atoms with Gasteiger partial charge in [-0.3, -0.25) is 4.79 Å². The lowest BCUT2D eigenvalue weighted by Crippen LogP contribution is -2.48. The summed E-state index contributed by atoms with van der Waals surface area (Å²) in [6.45, 7) is -0.501. The number of alkyl halides is 7. The fourth-order valence-corrected chi connectivity index (χ4v) is 5.74. The van der Waals surface area contributed by atoms with Crippen LogP contribution in [-0.2, 0) is 14.3 Å². The fraction of sp³-hybridized carbons (Fsp3) is 0.636. The highest BCUT2D eigenvalue weighted by molar-refractivity contribution is 6.24. The van der Waals surface area contributed by atoms with Crippen LogP contribution in [0.5, 0.6) is 0 Å². The molecule has 2 saturated carbocycles. The minimum Gasteiger partial charge on any atom is -0.459 e. The van der Waals surface area contributed by atoms with Crippen molar-refractivity contribution in [2.75, 3.05) is 6.61 Å². The lowest BCUT2D eigenvalue weighted by molar-refractivity contribution is -0.200. The monoisotopic (exact) mass is 499 g/mol. The summed E-state index contributed by atoms with van der Waals surface area (Å²) in [6.07, 6.45) is -7.31. The van der Waals surface area contributed by atoms with Gasteiger partial charge in [-0.1, -0.05) is 36.8 Å². The van der Waals surface area contributed by atoms with Gasteiger partial charge in [0.15, 0.2) is 0 Å². The maximum Gasteiger partial charge on any atom is 0.490 e. The molecule has 3 rings (SSSR count). The van der Waals surface area contributed by atoms with Crippen molar-refractivity contribution in [1.82, 2.24) is 5.32 Å². The Morgan fingerprint density at radius 1 is 1.06 bits per heavy atom. The number of hydrogen-bond acceptors (Lipinski definition) is 3. The summed E-state index contributed by atoms with van der Waals surface area (Å²) in [5.74, 6) is -4.62. The summed E-state index contributed by atoms with van der Waals surface area (Å²) in [5, 5.41) is 2.15. The van der Waals surface area contributed by atoms with Crippen LogP contribution in [0.25, 0.3) is 0 Å². The SMILES string of the molecule is O=C(N[C@@H](c1ccccc1)C1CCC2CC1C[C@](Cl)(CCOC(=O)C(F)(F)F)C2)C(F)(F)F. The van der Waals surface area contributed by atoms with Crippen molar-refractivity contribution in [3.8, 4) is 0 Å². The first kappa shape index (κ1) is 25.6. The predicted octanol–water partition coefficient (Wildman–Crippen LogP) is 5.71. The summed E-state index contributed by atoms with van der Waals surface area (Å²) in [5.41, 5.74) is 0.545. The van der Waals surface area contributed by atoms with E-state index in [0.29, 0.717) is 37.7 Å². The number of halogens is 7. The van der Waals surface area contributed by atoms with E-state index in [-0.39, 0.29) is 24.2 Å². The van der Waals surface area contributed by atoms with Gasteiger partial charge in [-0.2, -0.15) is 26.3 Å². The van der Waals surface area contributed by atoms with E-state index in [0.717, 1.165) is 0 Å². The molecular weight excluding hydrogens is 476 g/mol. The summed E-state index contributed by atoms with van der Waals surface area (Å²) in [6, 6.07) is 7.50. The van der Waals surface area contributed by atoms with Crippen molar-refractivity contribution < 1.29 is 40.7 Å². The molecule has 4 nitrogen and oxygen atoms in total. The van der Waals surface area contributed by atoms with Crippen LogP contribution in [0.4, 0.5) is 26.3 Å². The third-order valence-corrected chi connectivity index (χ3v) is 7.08. The maximum absolute atomic E-state index is 13.0. The molecule has 11 heteroatoms. The topological polar surface area (TPSA) is 55.4 Å². The van der Waals surface area contributed by atoms with Gasteiger partial charge in [0.05, 0.1) is 12.6 Å². The number of amides is 1. The van der Waals surface area contributed by atoms with E-state index in [1.54, 1.807) is 30.3 Å². The first-order valence-electron chi connectivity index (χ1n) is 10.6. The molecule has 2 aliphatic rings. The summed E-state index contributed by atoms with van der Waals surface area (Å²) in [7, 11) is 0. The van der Waals surface area contributed by atoms with Crippen LogP contribution < -0.4 is 5.32 Å². The summed E-state index contributed by atoms with van der Waals surface area (Å²) in [4.78, 5) is 21.8. The average molecular weight is 500 g/mol. The molecule has 1 amide bonds. The molecule has 5 atom stereocenters. The van der Waals surface area contributed by atoms with Gasteiger partial charge in [-0.25, -0.2) is 4.79 Å². The van der Waals surface area contributed by atoms with Gasteiger partial charge >= 0.3 is 24.2 Å². The predicted molar refractivity (Wildman–Crippen MR) is 107 cm³/mol. The molecule has 0 aliphatic heterocycles. The number of carbonyl (C=O) groups excluding carboxylic acids is 2. The van der Waals surface area contributed by atoms with Crippen molar-refractivity contribution in [2.24, 2.45) is 17.8 Å². The lowest BCUT2D eigenvalue weighted by atomic mass is 9.60. The minimum absolute atomic E-state index is 0.00100. The minimum atomic E-state index is -5.09. The van der Waals surface area contributed by atoms with Gasteiger partial charge in [-0.15, -0.1) is 11.6 Å². The zero-order valence-corrected chi connectivity index (χ0v) is 18.3. The number of carbonyl (C=O) groups is 2. The van der Waals surface area contributed by atoms with E-state index in [9.17, 15) is 35.9 Å². The Morgan fingerprint density at radius 2 is 1.73 bits per heavy atom. The molecule has 2 fully saturated rings. The molecule has 33 heavy (non-hydrogen) atoms. The van der Waals surface area contributed by atoms with E-state index in [1.807, 2.05) is 0 Å². The Balaban J connectivity index is 1.75. The van der Waals surface area contributed by atoms with Gasteiger partial charge in [0.25, 0.3) is 0 Å². The first-order chi connectivity index (χ1) is 15.3. The number of benzene rings is 1. The first-order valence-corrected chi connectivity index (χ1v) is 11.0. The number of esters is 1. The Labute approximate surface area is 192 Å². The molecule has 0 saturated heterocycles. The van der Waals surface area contributed by atoms with E-state index in [4.69, 9.17) is 11.6 Å². The largest absolute Gasteiger partial charge is 0.490 e. The van der Waals surface area contributed by atoms with E-state index < -0.39 is 41.8 Å². The number of rotatable bonds is 6.